The van der Waals surface area contributed by atoms with Crippen molar-refractivity contribution in [3.05, 3.63) is 88.0 Å². The van der Waals surface area contributed by atoms with Gasteiger partial charge in [-0.05, 0) is 67.6 Å². The number of nitrogen functional groups attached to an aromatic ring is 1. The quantitative estimate of drug-likeness (QED) is 0.370. The number of benzene rings is 3. The molecule has 6 heteroatoms. The van der Waals surface area contributed by atoms with E-state index in [9.17, 15) is 9.90 Å². The molecule has 0 spiro atoms. The maximum absolute atomic E-state index is 11.9. The average Bonchev–Trinajstić information content (AvgIpc) is 2.94. The van der Waals surface area contributed by atoms with Crippen LogP contribution in [0, 0.1) is 13.8 Å². The fraction of sp³-hybridized carbons (Fsp3) is 0.367. The Morgan fingerprint density at radius 1 is 1.17 bits per heavy atom. The van der Waals surface area contributed by atoms with Crippen LogP contribution in [-0.2, 0) is 17.9 Å². The van der Waals surface area contributed by atoms with E-state index in [0.29, 0.717) is 5.69 Å². The molecule has 1 aliphatic heterocycles. The van der Waals surface area contributed by atoms with E-state index in [1.54, 1.807) is 0 Å². The lowest BCUT2D eigenvalue weighted by Crippen LogP contribution is -2.40. The molecule has 36 heavy (non-hydrogen) atoms. The van der Waals surface area contributed by atoms with E-state index in [2.05, 4.69) is 61.3 Å². The summed E-state index contributed by atoms with van der Waals surface area (Å²) in [6.45, 7) is 10.6. The number of para-hydroxylation sites is 1. The van der Waals surface area contributed by atoms with Gasteiger partial charge < -0.3 is 20.9 Å². The lowest BCUT2D eigenvalue weighted by molar-refractivity contribution is -0.137. The number of carboxylic acids is 1. The van der Waals surface area contributed by atoms with Crippen LogP contribution in [0.4, 0.5) is 11.4 Å². The van der Waals surface area contributed by atoms with Crippen LogP contribution in [0.3, 0.4) is 0 Å². The van der Waals surface area contributed by atoms with Gasteiger partial charge in [-0.3, -0.25) is 9.69 Å². The zero-order valence-electron chi connectivity index (χ0n) is 21.9. The average molecular weight is 488 g/mol. The summed E-state index contributed by atoms with van der Waals surface area (Å²) in [4.78, 5) is 14.3. The number of nitrogens with zero attached hydrogens (tertiary/aromatic N) is 1. The molecule has 4 N–H and O–H groups in total. The molecule has 0 bridgehead atoms. The monoisotopic (exact) mass is 487 g/mol. The van der Waals surface area contributed by atoms with E-state index in [-0.39, 0.29) is 17.9 Å². The second kappa shape index (κ2) is 10.2. The number of anilines is 2. The van der Waals surface area contributed by atoms with Crippen molar-refractivity contribution >= 4 is 17.3 Å². The fourth-order valence-electron chi connectivity index (χ4n) is 5.25. The first-order valence-corrected chi connectivity index (χ1v) is 12.4. The second-order valence-electron chi connectivity index (χ2n) is 10.4. The van der Waals surface area contributed by atoms with Crippen molar-refractivity contribution < 1.29 is 14.6 Å². The summed E-state index contributed by atoms with van der Waals surface area (Å²) >= 11 is 0. The number of rotatable bonds is 7. The molecule has 0 radical (unpaired) electrons. The molecule has 1 aliphatic rings. The third kappa shape index (κ3) is 5.49. The molecule has 4 rings (SSSR count). The minimum atomic E-state index is -0.833. The van der Waals surface area contributed by atoms with Gasteiger partial charge in [-0.25, -0.2) is 0 Å². The number of hydrogen-bond acceptors (Lipinski definition) is 5. The molecule has 0 saturated heterocycles. The first kappa shape index (κ1) is 25.6. The molecular weight excluding hydrogens is 450 g/mol. The summed E-state index contributed by atoms with van der Waals surface area (Å²) in [5.41, 5.74) is 14.0. The summed E-state index contributed by atoms with van der Waals surface area (Å²) in [6.07, 6.45) is -0.000355. The molecule has 0 fully saturated rings. The van der Waals surface area contributed by atoms with Crippen molar-refractivity contribution in [1.29, 1.82) is 0 Å². The number of fused-ring (bicyclic) bond motifs is 1. The number of ether oxygens (including phenoxy) is 1. The van der Waals surface area contributed by atoms with Crippen molar-refractivity contribution in [2.75, 3.05) is 24.6 Å². The number of nitrogens with one attached hydrogen (secondary N) is 1. The standard InChI is InChI=1S/C30H37N3O3/c1-19-10-11-21(25(15-28(34)35)24-12-13-26(32-5)29(31)20(24)2)14-23(19)17-33-16-22-8-6-7-9-27(22)36-30(3,4)18-33/h6-14,25,32H,15-18,31H2,1-5H3,(H,34,35). The first-order valence-electron chi connectivity index (χ1n) is 12.4. The predicted octanol–water partition coefficient (Wildman–Crippen LogP) is 5.71. The third-order valence-electron chi connectivity index (χ3n) is 7.11. The normalized spacial score (nSPS) is 15.9. The summed E-state index contributed by atoms with van der Waals surface area (Å²) in [5.74, 6) is -0.185. The Bertz CT molecular complexity index is 1270. The Morgan fingerprint density at radius 2 is 1.92 bits per heavy atom. The maximum atomic E-state index is 11.9. The third-order valence-corrected chi connectivity index (χ3v) is 7.11. The Morgan fingerprint density at radius 3 is 2.64 bits per heavy atom. The number of carboxylic acid groups (broad SMARTS) is 1. The highest BCUT2D eigenvalue weighted by atomic mass is 16.5. The van der Waals surface area contributed by atoms with Crippen LogP contribution in [0.15, 0.2) is 54.6 Å². The second-order valence-corrected chi connectivity index (χ2v) is 10.4. The molecule has 1 unspecified atom stereocenters. The first-order chi connectivity index (χ1) is 17.1. The molecule has 0 aromatic heterocycles. The summed E-state index contributed by atoms with van der Waals surface area (Å²) in [5, 5.41) is 12.9. The molecule has 6 nitrogen and oxygen atoms in total. The summed E-state index contributed by atoms with van der Waals surface area (Å²) < 4.78 is 6.33. The van der Waals surface area contributed by atoms with Gasteiger partial charge in [0.15, 0.2) is 0 Å². The van der Waals surface area contributed by atoms with Gasteiger partial charge in [-0.1, -0.05) is 42.5 Å². The summed E-state index contributed by atoms with van der Waals surface area (Å²) in [6, 6.07) is 18.5. The largest absolute Gasteiger partial charge is 0.486 e. The van der Waals surface area contributed by atoms with Gasteiger partial charge in [0.1, 0.15) is 11.4 Å². The number of carbonyl (C=O) groups is 1. The number of aliphatic carboxylic acids is 1. The van der Waals surface area contributed by atoms with Gasteiger partial charge in [0.05, 0.1) is 17.8 Å². The number of aryl methyl sites for hydroxylation is 1. The lowest BCUT2D eigenvalue weighted by atomic mass is 9.84. The van der Waals surface area contributed by atoms with Crippen molar-refractivity contribution in [3.63, 3.8) is 0 Å². The Kier molecular flexibility index (Phi) is 7.27. The van der Waals surface area contributed by atoms with E-state index in [4.69, 9.17) is 10.5 Å². The van der Waals surface area contributed by atoms with E-state index < -0.39 is 5.97 Å². The molecule has 3 aromatic rings. The van der Waals surface area contributed by atoms with Crippen LogP contribution in [0.25, 0.3) is 0 Å². The van der Waals surface area contributed by atoms with Gasteiger partial charge in [0, 0.05) is 38.2 Å². The predicted molar refractivity (Wildman–Crippen MR) is 146 cm³/mol. The SMILES string of the molecule is CNc1ccc(C(CC(=O)O)c2ccc(C)c(CN3Cc4ccccc4OC(C)(C)C3)c2)c(C)c1N. The molecule has 1 heterocycles. The molecule has 1 atom stereocenters. The molecule has 3 aromatic carbocycles. The van der Waals surface area contributed by atoms with Gasteiger partial charge in [0.2, 0.25) is 0 Å². The summed E-state index contributed by atoms with van der Waals surface area (Å²) in [7, 11) is 1.83. The minimum Gasteiger partial charge on any atom is -0.486 e. The van der Waals surface area contributed by atoms with E-state index in [1.807, 2.05) is 38.2 Å². The van der Waals surface area contributed by atoms with Crippen molar-refractivity contribution in [3.8, 4) is 5.75 Å². The Balaban J connectivity index is 1.69. The van der Waals surface area contributed by atoms with Crippen LogP contribution in [0.2, 0.25) is 0 Å². The number of nitrogens with two attached hydrogens (primary N) is 1. The van der Waals surface area contributed by atoms with E-state index in [1.165, 1.54) is 16.7 Å². The van der Waals surface area contributed by atoms with Gasteiger partial charge >= 0.3 is 5.97 Å². The maximum Gasteiger partial charge on any atom is 0.304 e. The highest BCUT2D eigenvalue weighted by Crippen LogP contribution is 2.37. The van der Waals surface area contributed by atoms with E-state index in [0.717, 1.165) is 47.8 Å². The smallest absolute Gasteiger partial charge is 0.304 e. The molecule has 0 amide bonds. The topological polar surface area (TPSA) is 87.8 Å². The van der Waals surface area contributed by atoms with Crippen molar-refractivity contribution in [1.82, 2.24) is 4.90 Å². The van der Waals surface area contributed by atoms with Gasteiger partial charge in [-0.2, -0.15) is 0 Å². The highest BCUT2D eigenvalue weighted by Gasteiger charge is 2.29. The van der Waals surface area contributed by atoms with Crippen LogP contribution in [0.5, 0.6) is 5.75 Å². The van der Waals surface area contributed by atoms with E-state index >= 15 is 0 Å². The Labute approximate surface area is 214 Å². The van der Waals surface area contributed by atoms with Crippen molar-refractivity contribution in [2.45, 2.75) is 58.7 Å². The van der Waals surface area contributed by atoms with Crippen LogP contribution < -0.4 is 15.8 Å². The lowest BCUT2D eigenvalue weighted by Gasteiger charge is -2.30. The van der Waals surface area contributed by atoms with Crippen molar-refractivity contribution in [2.24, 2.45) is 0 Å². The Hall–Kier alpha value is -3.51. The molecule has 0 saturated carbocycles. The fourth-order valence-corrected chi connectivity index (χ4v) is 5.25. The van der Waals surface area contributed by atoms with Gasteiger partial charge in [-0.15, -0.1) is 0 Å². The highest BCUT2D eigenvalue weighted by molar-refractivity contribution is 5.74. The molecular formula is C30H37N3O3. The molecule has 0 aliphatic carbocycles. The van der Waals surface area contributed by atoms with Crippen LogP contribution in [0.1, 0.15) is 59.6 Å². The van der Waals surface area contributed by atoms with Crippen LogP contribution in [-0.4, -0.2) is 35.2 Å². The van der Waals surface area contributed by atoms with Gasteiger partial charge in [0.25, 0.3) is 0 Å². The van der Waals surface area contributed by atoms with Crippen LogP contribution >= 0.6 is 0 Å². The minimum absolute atomic E-state index is 0.000355. The molecule has 190 valence electrons. The zero-order valence-corrected chi connectivity index (χ0v) is 21.9. The zero-order chi connectivity index (χ0) is 26.0. The number of hydrogen-bond donors (Lipinski definition) is 3.